The fraction of sp³-hybridized carbons (Fsp3) is 0.357. The Kier molecular flexibility index (Phi) is 2.62. The molecule has 1 saturated carbocycles. The van der Waals surface area contributed by atoms with Crippen molar-refractivity contribution in [2.75, 3.05) is 4.90 Å². The van der Waals surface area contributed by atoms with Gasteiger partial charge in [0.15, 0.2) is 0 Å². The summed E-state index contributed by atoms with van der Waals surface area (Å²) in [5.74, 6) is -1.45. The molecule has 1 saturated heterocycles. The van der Waals surface area contributed by atoms with E-state index < -0.39 is 5.97 Å². The monoisotopic (exact) mass is 259 g/mol. The summed E-state index contributed by atoms with van der Waals surface area (Å²) in [6.07, 6.45) is 0.976. The first-order valence-electron chi connectivity index (χ1n) is 6.27. The van der Waals surface area contributed by atoms with Crippen molar-refractivity contribution in [1.82, 2.24) is 0 Å². The average molecular weight is 259 g/mol. The van der Waals surface area contributed by atoms with Crippen LogP contribution in [-0.2, 0) is 20.8 Å². The molecule has 1 aliphatic heterocycles. The number of anilines is 1. The Morgan fingerprint density at radius 1 is 1.21 bits per heavy atom. The zero-order valence-corrected chi connectivity index (χ0v) is 10.2. The lowest BCUT2D eigenvalue weighted by atomic mass is 10.1. The molecule has 0 bridgehead atoms. The number of rotatable bonds is 4. The Morgan fingerprint density at radius 2 is 1.84 bits per heavy atom. The molecule has 19 heavy (non-hydrogen) atoms. The number of carbonyl (C=O) groups excluding carboxylic acids is 2. The molecule has 1 N–H and O–H groups in total. The average Bonchev–Trinajstić information content (AvgIpc) is 3.13. The fourth-order valence-corrected chi connectivity index (χ4v) is 2.60. The third kappa shape index (κ3) is 1.91. The maximum atomic E-state index is 12.0. The van der Waals surface area contributed by atoms with Crippen LogP contribution < -0.4 is 4.90 Å². The molecule has 0 aromatic heterocycles. The van der Waals surface area contributed by atoms with Crippen LogP contribution in [0, 0.1) is 11.8 Å². The second-order valence-corrected chi connectivity index (χ2v) is 4.98. The minimum absolute atomic E-state index is 0.0138. The summed E-state index contributed by atoms with van der Waals surface area (Å²) in [4.78, 5) is 36.0. The molecule has 1 aromatic carbocycles. The van der Waals surface area contributed by atoms with E-state index in [0.717, 1.165) is 5.56 Å². The van der Waals surface area contributed by atoms with Gasteiger partial charge in [-0.2, -0.15) is 0 Å². The van der Waals surface area contributed by atoms with Gasteiger partial charge in [-0.1, -0.05) is 18.2 Å². The van der Waals surface area contributed by atoms with Crippen LogP contribution in [0.4, 0.5) is 5.69 Å². The van der Waals surface area contributed by atoms with Crippen molar-refractivity contribution < 1.29 is 19.5 Å². The van der Waals surface area contributed by atoms with Crippen molar-refractivity contribution in [2.24, 2.45) is 11.8 Å². The van der Waals surface area contributed by atoms with E-state index in [4.69, 9.17) is 5.11 Å². The summed E-state index contributed by atoms with van der Waals surface area (Å²) < 4.78 is 0. The molecular formula is C14H13NO4. The number of amides is 2. The summed E-state index contributed by atoms with van der Waals surface area (Å²) >= 11 is 0. The van der Waals surface area contributed by atoms with Gasteiger partial charge in [-0.05, 0) is 24.5 Å². The molecule has 1 aliphatic carbocycles. The largest absolute Gasteiger partial charge is 0.481 e. The van der Waals surface area contributed by atoms with Gasteiger partial charge in [-0.3, -0.25) is 14.4 Å². The second kappa shape index (κ2) is 4.19. The normalized spacial score (nSPS) is 24.5. The van der Waals surface area contributed by atoms with E-state index in [2.05, 4.69) is 0 Å². The van der Waals surface area contributed by atoms with Crippen LogP contribution in [0.2, 0.25) is 0 Å². The molecule has 98 valence electrons. The highest BCUT2D eigenvalue weighted by atomic mass is 16.4. The van der Waals surface area contributed by atoms with Crippen molar-refractivity contribution in [2.45, 2.75) is 19.3 Å². The summed E-state index contributed by atoms with van der Waals surface area (Å²) in [5.41, 5.74) is 1.28. The molecule has 2 amide bonds. The van der Waals surface area contributed by atoms with Crippen LogP contribution in [-0.4, -0.2) is 22.9 Å². The highest BCUT2D eigenvalue weighted by molar-refractivity contribution is 6.25. The summed E-state index contributed by atoms with van der Waals surface area (Å²) in [6, 6.07) is 7.01. The summed E-state index contributed by atoms with van der Waals surface area (Å²) in [6.45, 7) is 0. The van der Waals surface area contributed by atoms with Crippen LogP contribution in [0.3, 0.4) is 0 Å². The van der Waals surface area contributed by atoms with E-state index in [-0.39, 0.29) is 30.1 Å². The number of hydrogen-bond donors (Lipinski definition) is 1. The lowest BCUT2D eigenvalue weighted by Crippen LogP contribution is -2.33. The highest BCUT2D eigenvalue weighted by Gasteiger charge is 2.59. The van der Waals surface area contributed by atoms with Crippen molar-refractivity contribution >= 4 is 23.5 Å². The number of benzene rings is 1. The van der Waals surface area contributed by atoms with Gasteiger partial charge in [-0.15, -0.1) is 0 Å². The molecule has 3 rings (SSSR count). The number of aliphatic carboxylic acids is 1. The predicted molar refractivity (Wildman–Crippen MR) is 66.5 cm³/mol. The Labute approximate surface area is 109 Å². The van der Waals surface area contributed by atoms with Crippen LogP contribution in [0.15, 0.2) is 24.3 Å². The number of carboxylic acid groups (broad SMARTS) is 1. The number of aryl methyl sites for hydroxylation is 1. The van der Waals surface area contributed by atoms with Gasteiger partial charge in [0.25, 0.3) is 0 Å². The van der Waals surface area contributed by atoms with Crippen molar-refractivity contribution in [3.63, 3.8) is 0 Å². The molecule has 1 aromatic rings. The van der Waals surface area contributed by atoms with Crippen molar-refractivity contribution in [3.8, 4) is 0 Å². The number of hydrogen-bond acceptors (Lipinski definition) is 3. The lowest BCUT2D eigenvalue weighted by molar-refractivity contribution is -0.137. The number of carbonyl (C=O) groups is 3. The summed E-state index contributed by atoms with van der Waals surface area (Å²) in [7, 11) is 0. The predicted octanol–water partition coefficient (Wildman–Crippen LogP) is 1.21. The maximum Gasteiger partial charge on any atom is 0.303 e. The van der Waals surface area contributed by atoms with Gasteiger partial charge in [0.2, 0.25) is 11.8 Å². The van der Waals surface area contributed by atoms with E-state index in [0.29, 0.717) is 18.5 Å². The molecule has 5 heteroatoms. The van der Waals surface area contributed by atoms with E-state index >= 15 is 0 Å². The quantitative estimate of drug-likeness (QED) is 0.825. The first kappa shape index (κ1) is 11.9. The Bertz CT molecular complexity index is 561. The number of imide groups is 1. The zero-order valence-electron chi connectivity index (χ0n) is 10.2. The second-order valence-electron chi connectivity index (χ2n) is 4.98. The van der Waals surface area contributed by atoms with E-state index in [9.17, 15) is 14.4 Å². The van der Waals surface area contributed by atoms with Crippen LogP contribution in [0.1, 0.15) is 18.4 Å². The van der Waals surface area contributed by atoms with Crippen LogP contribution in [0.25, 0.3) is 0 Å². The zero-order chi connectivity index (χ0) is 13.6. The Morgan fingerprint density at radius 3 is 2.47 bits per heavy atom. The number of carboxylic acids is 1. The molecule has 0 spiro atoms. The number of fused-ring (bicyclic) bond motifs is 1. The molecule has 5 nitrogen and oxygen atoms in total. The maximum absolute atomic E-state index is 12.0. The van der Waals surface area contributed by atoms with Crippen molar-refractivity contribution in [3.05, 3.63) is 29.8 Å². The third-order valence-electron chi connectivity index (χ3n) is 3.71. The topological polar surface area (TPSA) is 74.7 Å². The molecule has 2 aliphatic rings. The minimum atomic E-state index is -0.892. The molecule has 2 unspecified atom stereocenters. The highest BCUT2D eigenvalue weighted by Crippen LogP contribution is 2.48. The van der Waals surface area contributed by atoms with Gasteiger partial charge in [0.05, 0.1) is 17.5 Å². The van der Waals surface area contributed by atoms with Gasteiger partial charge >= 0.3 is 5.97 Å². The lowest BCUT2D eigenvalue weighted by Gasteiger charge is -2.19. The number of piperidine rings is 1. The molecule has 2 fully saturated rings. The van der Waals surface area contributed by atoms with E-state index in [1.165, 1.54) is 4.90 Å². The third-order valence-corrected chi connectivity index (χ3v) is 3.71. The Hall–Kier alpha value is -2.17. The standard InChI is InChI=1S/C14H13NO4/c16-12(17)6-5-8-3-1-2-4-11(8)15-13(18)9-7-10(9)14(15)19/h1-4,9-10H,5-7H2,(H,16,17). The van der Waals surface area contributed by atoms with E-state index in [1.807, 2.05) is 0 Å². The van der Waals surface area contributed by atoms with E-state index in [1.54, 1.807) is 24.3 Å². The van der Waals surface area contributed by atoms with Crippen molar-refractivity contribution in [1.29, 1.82) is 0 Å². The minimum Gasteiger partial charge on any atom is -0.481 e. The molecule has 1 heterocycles. The number of para-hydroxylation sites is 1. The Balaban J connectivity index is 1.90. The summed E-state index contributed by atoms with van der Waals surface area (Å²) in [5, 5.41) is 8.74. The first-order valence-corrected chi connectivity index (χ1v) is 6.27. The fourth-order valence-electron chi connectivity index (χ4n) is 2.60. The van der Waals surface area contributed by atoms with Crippen LogP contribution >= 0.6 is 0 Å². The van der Waals surface area contributed by atoms with Gasteiger partial charge in [0, 0.05) is 6.42 Å². The van der Waals surface area contributed by atoms with Crippen LogP contribution in [0.5, 0.6) is 0 Å². The van der Waals surface area contributed by atoms with Gasteiger partial charge in [0.1, 0.15) is 0 Å². The van der Waals surface area contributed by atoms with Gasteiger partial charge < -0.3 is 5.11 Å². The molecular weight excluding hydrogens is 246 g/mol. The first-order chi connectivity index (χ1) is 9.09. The van der Waals surface area contributed by atoms with Gasteiger partial charge in [-0.25, -0.2) is 4.90 Å². The number of nitrogens with zero attached hydrogens (tertiary/aromatic N) is 1. The molecule has 0 radical (unpaired) electrons. The SMILES string of the molecule is O=C(O)CCc1ccccc1N1C(=O)C2CC2C1=O. The smallest absolute Gasteiger partial charge is 0.303 e. The molecule has 2 atom stereocenters.